The molecule has 0 aliphatic carbocycles. The van der Waals surface area contributed by atoms with Crippen molar-refractivity contribution in [2.24, 2.45) is 0 Å². The smallest absolute Gasteiger partial charge is 0.272 e. The number of aromatic nitrogens is 1. The van der Waals surface area contributed by atoms with Gasteiger partial charge in [-0.05, 0) is 18.6 Å². The minimum atomic E-state index is -0.520. The fraction of sp³-hybridized carbons (Fsp3) is 0.611. The Morgan fingerprint density at radius 2 is 2.04 bits per heavy atom. The molecular formula is C18H25N3O5. The molecule has 8 nitrogen and oxygen atoms in total. The lowest BCUT2D eigenvalue weighted by Crippen LogP contribution is -2.47. The largest absolute Gasteiger partial charge is 0.385 e. The van der Waals surface area contributed by atoms with Crippen LogP contribution in [0.3, 0.4) is 0 Å². The topological polar surface area (TPSA) is 90.0 Å². The Balaban J connectivity index is 1.57. The summed E-state index contributed by atoms with van der Waals surface area (Å²) in [5, 5.41) is 2.81. The number of ether oxygens (including phenoxy) is 3. The third kappa shape index (κ3) is 4.38. The first-order valence-corrected chi connectivity index (χ1v) is 8.94. The Morgan fingerprint density at radius 3 is 2.73 bits per heavy atom. The monoisotopic (exact) mass is 363 g/mol. The number of nitrogens with one attached hydrogen (secondary N) is 1. The molecule has 2 aliphatic heterocycles. The molecular weight excluding hydrogens is 338 g/mol. The lowest BCUT2D eigenvalue weighted by Gasteiger charge is -2.37. The van der Waals surface area contributed by atoms with Crippen LogP contribution in [0.15, 0.2) is 18.3 Å². The van der Waals surface area contributed by atoms with Crippen LogP contribution in [-0.4, -0.2) is 74.1 Å². The van der Waals surface area contributed by atoms with Crippen molar-refractivity contribution in [2.45, 2.75) is 25.0 Å². The van der Waals surface area contributed by atoms with Crippen molar-refractivity contribution >= 4 is 11.8 Å². The highest BCUT2D eigenvalue weighted by Gasteiger charge is 2.41. The number of carbonyl (C=O) groups is 2. The first kappa shape index (κ1) is 18.8. The van der Waals surface area contributed by atoms with Crippen molar-refractivity contribution in [2.75, 3.05) is 46.6 Å². The maximum Gasteiger partial charge on any atom is 0.272 e. The summed E-state index contributed by atoms with van der Waals surface area (Å²) in [7, 11) is 1.62. The molecule has 1 aromatic heterocycles. The Hall–Kier alpha value is -2.03. The van der Waals surface area contributed by atoms with Gasteiger partial charge in [0.1, 0.15) is 5.69 Å². The molecule has 0 radical (unpaired) electrons. The number of hydrogen-bond acceptors (Lipinski definition) is 6. The second kappa shape index (κ2) is 8.57. The molecule has 8 heteroatoms. The van der Waals surface area contributed by atoms with E-state index in [1.807, 2.05) is 0 Å². The quantitative estimate of drug-likeness (QED) is 0.753. The molecule has 0 unspecified atom stereocenters. The average molecular weight is 363 g/mol. The molecule has 2 saturated heterocycles. The van der Waals surface area contributed by atoms with Gasteiger partial charge in [0.05, 0.1) is 13.2 Å². The Labute approximate surface area is 152 Å². The molecule has 0 saturated carbocycles. The number of methoxy groups -OCH3 is 1. The molecule has 1 spiro atoms. The maximum atomic E-state index is 12.7. The first-order chi connectivity index (χ1) is 12.6. The molecule has 3 heterocycles. The van der Waals surface area contributed by atoms with Crippen LogP contribution >= 0.6 is 0 Å². The normalized spacial score (nSPS) is 18.9. The third-order valence-corrected chi connectivity index (χ3v) is 4.68. The second-order valence-electron chi connectivity index (χ2n) is 6.43. The summed E-state index contributed by atoms with van der Waals surface area (Å²) in [5.74, 6) is -0.913. The summed E-state index contributed by atoms with van der Waals surface area (Å²) in [6.45, 7) is 3.42. The van der Waals surface area contributed by atoms with Gasteiger partial charge in [-0.2, -0.15) is 0 Å². The maximum absolute atomic E-state index is 12.7. The molecule has 0 atom stereocenters. The van der Waals surface area contributed by atoms with Crippen LogP contribution in [0, 0.1) is 0 Å². The van der Waals surface area contributed by atoms with Gasteiger partial charge in [0.15, 0.2) is 5.79 Å². The fourth-order valence-electron chi connectivity index (χ4n) is 3.21. The van der Waals surface area contributed by atoms with E-state index in [0.29, 0.717) is 57.9 Å². The Morgan fingerprint density at radius 1 is 1.31 bits per heavy atom. The van der Waals surface area contributed by atoms with Crippen LogP contribution in [0.25, 0.3) is 0 Å². The summed E-state index contributed by atoms with van der Waals surface area (Å²) < 4.78 is 16.3. The van der Waals surface area contributed by atoms with Crippen molar-refractivity contribution in [3.63, 3.8) is 0 Å². The molecule has 1 aromatic rings. The number of rotatable bonds is 6. The molecule has 1 N–H and O–H groups in total. The van der Waals surface area contributed by atoms with Crippen LogP contribution in [0.2, 0.25) is 0 Å². The van der Waals surface area contributed by atoms with Gasteiger partial charge in [0.25, 0.3) is 11.8 Å². The standard InChI is InChI=1S/C18H25N3O5/c1-24-10-2-6-20-16(22)14-3-7-19-15(13-14)17(23)21-8-4-18(5-9-21)25-11-12-26-18/h3,7,13H,2,4-6,8-12H2,1H3,(H,20,22). The zero-order chi connectivity index (χ0) is 18.4. The molecule has 2 aliphatic rings. The van der Waals surface area contributed by atoms with Crippen molar-refractivity contribution in [3.8, 4) is 0 Å². The lowest BCUT2D eigenvalue weighted by atomic mass is 10.0. The number of piperidine rings is 1. The second-order valence-corrected chi connectivity index (χ2v) is 6.43. The Bertz CT molecular complexity index is 635. The van der Waals surface area contributed by atoms with E-state index in [1.54, 1.807) is 24.1 Å². The van der Waals surface area contributed by atoms with Crippen molar-refractivity contribution in [1.82, 2.24) is 15.2 Å². The van der Waals surface area contributed by atoms with E-state index in [2.05, 4.69) is 10.3 Å². The molecule has 142 valence electrons. The highest BCUT2D eigenvalue weighted by molar-refractivity contribution is 5.98. The van der Waals surface area contributed by atoms with Crippen LogP contribution in [0.4, 0.5) is 0 Å². The van der Waals surface area contributed by atoms with Crippen molar-refractivity contribution in [3.05, 3.63) is 29.6 Å². The fourth-order valence-corrected chi connectivity index (χ4v) is 3.21. The van der Waals surface area contributed by atoms with Gasteiger partial charge in [-0.3, -0.25) is 14.6 Å². The average Bonchev–Trinajstić information content (AvgIpc) is 3.13. The number of carbonyl (C=O) groups excluding carboxylic acids is 2. The SMILES string of the molecule is COCCCNC(=O)c1ccnc(C(=O)N2CCC3(CC2)OCCO3)c1. The van der Waals surface area contributed by atoms with Gasteiger partial charge >= 0.3 is 0 Å². The summed E-state index contributed by atoms with van der Waals surface area (Å²) in [6.07, 6.45) is 3.53. The van der Waals surface area contributed by atoms with Crippen molar-refractivity contribution < 1.29 is 23.8 Å². The van der Waals surface area contributed by atoms with Crippen LogP contribution in [-0.2, 0) is 14.2 Å². The molecule has 2 fully saturated rings. The van der Waals surface area contributed by atoms with Gasteiger partial charge in [0.2, 0.25) is 0 Å². The summed E-state index contributed by atoms with van der Waals surface area (Å²) >= 11 is 0. The molecule has 0 aromatic carbocycles. The van der Waals surface area contributed by atoms with Gasteiger partial charge in [-0.1, -0.05) is 0 Å². The van der Waals surface area contributed by atoms with Gasteiger partial charge in [-0.15, -0.1) is 0 Å². The molecule has 2 amide bonds. The highest BCUT2D eigenvalue weighted by Crippen LogP contribution is 2.31. The molecule has 26 heavy (non-hydrogen) atoms. The predicted molar refractivity (Wildman–Crippen MR) is 92.8 cm³/mol. The zero-order valence-electron chi connectivity index (χ0n) is 15.0. The summed E-state index contributed by atoms with van der Waals surface area (Å²) in [5.41, 5.74) is 0.704. The minimum absolute atomic E-state index is 0.174. The number of nitrogens with zero attached hydrogens (tertiary/aromatic N) is 2. The number of amides is 2. The van der Waals surface area contributed by atoms with E-state index in [0.717, 1.165) is 6.42 Å². The van der Waals surface area contributed by atoms with Crippen LogP contribution in [0.5, 0.6) is 0 Å². The highest BCUT2D eigenvalue weighted by atomic mass is 16.7. The van der Waals surface area contributed by atoms with Crippen molar-refractivity contribution in [1.29, 1.82) is 0 Å². The van der Waals surface area contributed by atoms with Gasteiger partial charge < -0.3 is 24.4 Å². The molecule has 3 rings (SSSR count). The lowest BCUT2D eigenvalue weighted by molar-refractivity contribution is -0.181. The zero-order valence-corrected chi connectivity index (χ0v) is 15.0. The minimum Gasteiger partial charge on any atom is -0.385 e. The summed E-state index contributed by atoms with van der Waals surface area (Å²) in [4.78, 5) is 30.8. The van der Waals surface area contributed by atoms with Gasteiger partial charge in [0, 0.05) is 58.0 Å². The van der Waals surface area contributed by atoms with E-state index >= 15 is 0 Å². The van der Waals surface area contributed by atoms with Crippen LogP contribution in [0.1, 0.15) is 40.1 Å². The first-order valence-electron chi connectivity index (χ1n) is 8.94. The van der Waals surface area contributed by atoms with E-state index < -0.39 is 5.79 Å². The van der Waals surface area contributed by atoms with E-state index in [4.69, 9.17) is 14.2 Å². The number of hydrogen-bond donors (Lipinski definition) is 1. The number of likely N-dealkylation sites (tertiary alicyclic amines) is 1. The van der Waals surface area contributed by atoms with E-state index in [1.165, 1.54) is 6.20 Å². The van der Waals surface area contributed by atoms with E-state index in [9.17, 15) is 9.59 Å². The third-order valence-electron chi connectivity index (χ3n) is 4.68. The predicted octanol–water partition coefficient (Wildman–Crippen LogP) is 0.827. The van der Waals surface area contributed by atoms with Crippen LogP contribution < -0.4 is 5.32 Å². The number of pyridine rings is 1. The van der Waals surface area contributed by atoms with E-state index in [-0.39, 0.29) is 17.5 Å². The molecule has 0 bridgehead atoms. The van der Waals surface area contributed by atoms with Gasteiger partial charge in [-0.25, -0.2) is 0 Å². The summed E-state index contributed by atoms with van der Waals surface area (Å²) in [6, 6.07) is 3.15. The Kier molecular flexibility index (Phi) is 6.18.